The van der Waals surface area contributed by atoms with E-state index in [2.05, 4.69) is 0 Å². The van der Waals surface area contributed by atoms with Crippen molar-refractivity contribution >= 4 is 8.61 Å². The quantitative estimate of drug-likeness (QED) is 0.566. The van der Waals surface area contributed by atoms with Gasteiger partial charge in [-0.05, 0) is 20.8 Å². The summed E-state index contributed by atoms with van der Waals surface area (Å²) in [6.07, 6.45) is 1.81. The largest absolute Gasteiger partial charge is 0.431 e. The second-order valence-corrected chi connectivity index (χ2v) is 6.64. The summed E-state index contributed by atoms with van der Waals surface area (Å²) in [5, 5.41) is 0. The lowest BCUT2D eigenvalue weighted by Gasteiger charge is -2.30. The van der Waals surface area contributed by atoms with Crippen LogP contribution in [0.2, 0.25) is 0 Å². The van der Waals surface area contributed by atoms with Crippen LogP contribution in [0.1, 0.15) is 41.5 Å². The van der Waals surface area contributed by atoms with E-state index in [-0.39, 0.29) is 11.0 Å². The van der Waals surface area contributed by atoms with Crippen LogP contribution in [-0.4, -0.2) is 10.2 Å². The van der Waals surface area contributed by atoms with Gasteiger partial charge in [0.1, 0.15) is 5.76 Å². The highest BCUT2D eigenvalue weighted by atomic mass is 31.2. The highest BCUT2D eigenvalue weighted by Crippen LogP contribution is 2.57. The van der Waals surface area contributed by atoms with Gasteiger partial charge in [-0.3, -0.25) is 4.67 Å². The molecule has 0 N–H and O–H groups in total. The highest BCUT2D eigenvalue weighted by molar-refractivity contribution is 7.44. The molecule has 1 aliphatic heterocycles. The highest BCUT2D eigenvalue weighted by Gasteiger charge is 2.39. The molecule has 1 heterocycles. The van der Waals surface area contributed by atoms with Gasteiger partial charge in [0.2, 0.25) is 0 Å². The number of hydrogen-bond acceptors (Lipinski definition) is 2. The third-order valence-corrected chi connectivity index (χ3v) is 3.41. The molecule has 0 spiro atoms. The first-order chi connectivity index (χ1) is 6.12. The number of halogens is 1. The first-order valence-corrected chi connectivity index (χ1v) is 5.88. The Hall–Kier alpha value is -0.300. The van der Waals surface area contributed by atoms with E-state index in [4.69, 9.17) is 4.52 Å². The number of rotatable bonds is 0. The Bertz CT molecular complexity index is 252. The monoisotopic (exact) mass is 219 g/mol. The summed E-state index contributed by atoms with van der Waals surface area (Å²) in [6.45, 7) is 12.0. The standard InChI is InChI=1S/C10H19FNOP/c1-9(2,3)8-7-12(10(4,5)6)14(11)13-8/h7H,1-6H3. The molecule has 0 radical (unpaired) electrons. The lowest BCUT2D eigenvalue weighted by molar-refractivity contribution is 0.297. The normalized spacial score (nSPS) is 23.5. The fourth-order valence-electron chi connectivity index (χ4n) is 1.07. The molecule has 0 amide bonds. The van der Waals surface area contributed by atoms with Gasteiger partial charge in [-0.25, -0.2) is 0 Å². The van der Waals surface area contributed by atoms with Crippen LogP contribution in [0.4, 0.5) is 4.20 Å². The van der Waals surface area contributed by atoms with Crippen molar-refractivity contribution in [3.05, 3.63) is 12.0 Å². The van der Waals surface area contributed by atoms with Gasteiger partial charge in [0.05, 0.1) is 0 Å². The predicted octanol–water partition coefficient (Wildman–Crippen LogP) is 4.20. The molecule has 2 nitrogen and oxygen atoms in total. The van der Waals surface area contributed by atoms with Crippen molar-refractivity contribution in [3.63, 3.8) is 0 Å². The van der Waals surface area contributed by atoms with E-state index in [1.165, 1.54) is 0 Å². The smallest absolute Gasteiger partial charge is 0.394 e. The molecular formula is C10H19FNOP. The third-order valence-electron chi connectivity index (χ3n) is 2.01. The molecule has 0 aromatic rings. The van der Waals surface area contributed by atoms with E-state index in [1.807, 2.05) is 47.7 Å². The van der Waals surface area contributed by atoms with E-state index in [1.54, 1.807) is 4.67 Å². The summed E-state index contributed by atoms with van der Waals surface area (Å²) in [7, 11) is -1.98. The molecule has 0 bridgehead atoms. The van der Waals surface area contributed by atoms with Crippen LogP contribution in [0, 0.1) is 5.41 Å². The summed E-state index contributed by atoms with van der Waals surface area (Å²) in [5.41, 5.74) is -0.333. The van der Waals surface area contributed by atoms with Gasteiger partial charge in [-0.1, -0.05) is 20.8 Å². The fourth-order valence-corrected chi connectivity index (χ4v) is 2.30. The maximum absolute atomic E-state index is 13.6. The van der Waals surface area contributed by atoms with Crippen molar-refractivity contribution < 1.29 is 8.72 Å². The van der Waals surface area contributed by atoms with E-state index in [0.717, 1.165) is 5.76 Å². The molecule has 0 aromatic heterocycles. The van der Waals surface area contributed by atoms with Crippen LogP contribution in [0.3, 0.4) is 0 Å². The molecule has 14 heavy (non-hydrogen) atoms. The second-order valence-electron chi connectivity index (χ2n) is 5.58. The Morgan fingerprint density at radius 3 is 1.93 bits per heavy atom. The molecule has 1 atom stereocenters. The van der Waals surface area contributed by atoms with Crippen molar-refractivity contribution in [2.24, 2.45) is 5.41 Å². The molecule has 0 saturated heterocycles. The van der Waals surface area contributed by atoms with Crippen molar-refractivity contribution in [1.82, 2.24) is 4.67 Å². The molecule has 1 unspecified atom stereocenters. The molecule has 0 fully saturated rings. The molecule has 0 aliphatic carbocycles. The molecule has 0 aromatic carbocycles. The van der Waals surface area contributed by atoms with Gasteiger partial charge < -0.3 is 4.52 Å². The number of nitrogens with zero attached hydrogens (tertiary/aromatic N) is 1. The van der Waals surface area contributed by atoms with Crippen LogP contribution in [0.5, 0.6) is 0 Å². The minimum atomic E-state index is -1.98. The molecule has 0 saturated carbocycles. The number of hydrogen-bond donors (Lipinski definition) is 0. The topological polar surface area (TPSA) is 12.5 Å². The van der Waals surface area contributed by atoms with Crippen LogP contribution in [0.25, 0.3) is 0 Å². The SMILES string of the molecule is CC(C)(C)C1=CN(C(C)(C)C)P(F)O1. The molecule has 1 rings (SSSR count). The molecule has 4 heteroatoms. The van der Waals surface area contributed by atoms with Crippen LogP contribution in [0.15, 0.2) is 12.0 Å². The zero-order valence-electron chi connectivity index (χ0n) is 9.76. The van der Waals surface area contributed by atoms with Gasteiger partial charge >= 0.3 is 8.61 Å². The van der Waals surface area contributed by atoms with E-state index in [9.17, 15) is 4.20 Å². The fraction of sp³-hybridized carbons (Fsp3) is 0.800. The zero-order chi connectivity index (χ0) is 11.1. The Morgan fingerprint density at radius 1 is 1.21 bits per heavy atom. The summed E-state index contributed by atoms with van der Waals surface area (Å²) >= 11 is 0. The maximum atomic E-state index is 13.6. The summed E-state index contributed by atoms with van der Waals surface area (Å²) in [6, 6.07) is 0. The molecular weight excluding hydrogens is 200 g/mol. The minimum Gasteiger partial charge on any atom is -0.431 e. The van der Waals surface area contributed by atoms with Gasteiger partial charge in [0, 0.05) is 17.2 Å². The van der Waals surface area contributed by atoms with E-state index in [0.29, 0.717) is 0 Å². The first-order valence-electron chi connectivity index (χ1n) is 4.78. The molecule has 1 aliphatic rings. The average Bonchev–Trinajstić information content (AvgIpc) is 2.27. The van der Waals surface area contributed by atoms with Gasteiger partial charge in [0.15, 0.2) is 0 Å². The van der Waals surface area contributed by atoms with Crippen LogP contribution in [-0.2, 0) is 4.52 Å². The number of allylic oxidation sites excluding steroid dienone is 1. The van der Waals surface area contributed by atoms with Crippen molar-refractivity contribution in [1.29, 1.82) is 0 Å². The summed E-state index contributed by atoms with van der Waals surface area (Å²) in [4.78, 5) is 0. The molecule has 82 valence electrons. The lowest BCUT2D eigenvalue weighted by Crippen LogP contribution is -2.30. The second kappa shape index (κ2) is 3.37. The summed E-state index contributed by atoms with van der Waals surface area (Å²) in [5.74, 6) is 0.737. The van der Waals surface area contributed by atoms with Gasteiger partial charge in [-0.2, -0.15) is 4.20 Å². The Morgan fingerprint density at radius 2 is 1.71 bits per heavy atom. The van der Waals surface area contributed by atoms with Crippen molar-refractivity contribution in [3.8, 4) is 0 Å². The Balaban J connectivity index is 2.88. The maximum Gasteiger partial charge on any atom is 0.394 e. The van der Waals surface area contributed by atoms with Crippen molar-refractivity contribution in [2.75, 3.05) is 0 Å². The first kappa shape index (κ1) is 11.8. The summed E-state index contributed by atoms with van der Waals surface area (Å²) < 4.78 is 20.5. The minimum absolute atomic E-state index is 0.118. The van der Waals surface area contributed by atoms with E-state index >= 15 is 0 Å². The third kappa shape index (κ3) is 2.38. The lowest BCUT2D eigenvalue weighted by atomic mass is 9.94. The van der Waals surface area contributed by atoms with Gasteiger partial charge in [-0.15, -0.1) is 0 Å². The van der Waals surface area contributed by atoms with Crippen LogP contribution < -0.4 is 0 Å². The predicted molar refractivity (Wildman–Crippen MR) is 58.2 cm³/mol. The Labute approximate surface area is 87.1 Å². The average molecular weight is 219 g/mol. The van der Waals surface area contributed by atoms with Crippen LogP contribution >= 0.6 is 8.61 Å². The van der Waals surface area contributed by atoms with Gasteiger partial charge in [0.25, 0.3) is 0 Å². The van der Waals surface area contributed by atoms with Crippen molar-refractivity contribution in [2.45, 2.75) is 47.1 Å². The zero-order valence-corrected chi connectivity index (χ0v) is 10.7. The van der Waals surface area contributed by atoms with E-state index < -0.39 is 8.61 Å². The Kier molecular flexibility index (Phi) is 2.84.